The summed E-state index contributed by atoms with van der Waals surface area (Å²) in [6.07, 6.45) is 0.213. The average molecular weight is 296 g/mol. The van der Waals surface area contributed by atoms with Gasteiger partial charge in [0.25, 0.3) is 0 Å². The normalized spacial score (nSPS) is 11.3. The fourth-order valence-electron chi connectivity index (χ4n) is 1.45. The van der Waals surface area contributed by atoms with Gasteiger partial charge in [-0.2, -0.15) is 5.26 Å². The number of halogens is 1. The van der Waals surface area contributed by atoms with Crippen LogP contribution in [0.15, 0.2) is 18.2 Å². The average Bonchev–Trinajstić information content (AvgIpc) is 2.39. The van der Waals surface area contributed by atoms with Gasteiger partial charge in [-0.3, -0.25) is 0 Å². The molecule has 0 aliphatic heterocycles. The van der Waals surface area contributed by atoms with Gasteiger partial charge < -0.3 is 15.3 Å². The standard InChI is InChI=1S/C13H14ClN3O3/c1-8(5-6-15)17(2)13(20)16-9-3-4-11(14)10(7-9)12(18)19/h3-4,7-8H,5H2,1-2H3,(H,16,20)(H,18,19). The molecule has 0 aliphatic rings. The predicted octanol–water partition coefficient (Wildman–Crippen LogP) is 2.80. The fourth-order valence-corrected chi connectivity index (χ4v) is 1.65. The van der Waals surface area contributed by atoms with Gasteiger partial charge >= 0.3 is 12.0 Å². The Morgan fingerprint density at radius 2 is 2.20 bits per heavy atom. The van der Waals surface area contributed by atoms with E-state index >= 15 is 0 Å². The minimum Gasteiger partial charge on any atom is -0.478 e. The first-order valence-electron chi connectivity index (χ1n) is 5.80. The van der Waals surface area contributed by atoms with E-state index in [0.717, 1.165) is 0 Å². The number of rotatable bonds is 4. The van der Waals surface area contributed by atoms with Crippen LogP contribution in [0.5, 0.6) is 0 Å². The van der Waals surface area contributed by atoms with Crippen molar-refractivity contribution in [3.05, 3.63) is 28.8 Å². The zero-order chi connectivity index (χ0) is 15.3. The second-order valence-corrected chi connectivity index (χ2v) is 4.66. The number of anilines is 1. The second kappa shape index (κ2) is 6.78. The van der Waals surface area contributed by atoms with E-state index in [4.69, 9.17) is 22.0 Å². The summed E-state index contributed by atoms with van der Waals surface area (Å²) in [5, 5.41) is 20.2. The number of carbonyl (C=O) groups is 2. The zero-order valence-electron chi connectivity index (χ0n) is 11.1. The highest BCUT2D eigenvalue weighted by Crippen LogP contribution is 2.21. The summed E-state index contributed by atoms with van der Waals surface area (Å²) in [4.78, 5) is 24.2. The molecule has 0 fully saturated rings. The molecular formula is C13H14ClN3O3. The van der Waals surface area contributed by atoms with Crippen LogP contribution >= 0.6 is 11.6 Å². The summed E-state index contributed by atoms with van der Waals surface area (Å²) in [5.74, 6) is -1.17. The maximum absolute atomic E-state index is 11.9. The van der Waals surface area contributed by atoms with Crippen LogP contribution in [0.25, 0.3) is 0 Å². The Bertz CT molecular complexity index is 568. The Balaban J connectivity index is 2.84. The zero-order valence-corrected chi connectivity index (χ0v) is 11.8. The number of carboxylic acid groups (broad SMARTS) is 1. The van der Waals surface area contributed by atoms with E-state index in [2.05, 4.69) is 5.32 Å². The molecule has 0 bridgehead atoms. The summed E-state index contributed by atoms with van der Waals surface area (Å²) >= 11 is 5.74. The minimum absolute atomic E-state index is 0.0859. The minimum atomic E-state index is -1.17. The van der Waals surface area contributed by atoms with Crippen LogP contribution in [0.1, 0.15) is 23.7 Å². The number of benzene rings is 1. The summed E-state index contributed by atoms with van der Waals surface area (Å²) in [6.45, 7) is 1.74. The maximum Gasteiger partial charge on any atom is 0.337 e. The van der Waals surface area contributed by atoms with Crippen molar-refractivity contribution in [3.8, 4) is 6.07 Å². The third-order valence-corrected chi connectivity index (χ3v) is 3.15. The van der Waals surface area contributed by atoms with Crippen LogP contribution in [0.3, 0.4) is 0 Å². The van der Waals surface area contributed by atoms with Gasteiger partial charge in [-0.05, 0) is 25.1 Å². The molecule has 106 valence electrons. The molecule has 7 heteroatoms. The molecule has 0 aliphatic carbocycles. The molecule has 2 amide bonds. The van der Waals surface area contributed by atoms with Crippen LogP contribution in [0.4, 0.5) is 10.5 Å². The van der Waals surface area contributed by atoms with Gasteiger partial charge in [0, 0.05) is 18.8 Å². The molecule has 0 aromatic heterocycles. The molecule has 1 aromatic carbocycles. The van der Waals surface area contributed by atoms with Crippen LogP contribution in [-0.2, 0) is 0 Å². The SMILES string of the molecule is CC(CC#N)N(C)C(=O)Nc1ccc(Cl)c(C(=O)O)c1. The van der Waals surface area contributed by atoms with Gasteiger partial charge in [0.05, 0.1) is 23.1 Å². The van der Waals surface area contributed by atoms with Crippen molar-refractivity contribution >= 4 is 29.3 Å². The fraction of sp³-hybridized carbons (Fsp3) is 0.308. The van der Waals surface area contributed by atoms with E-state index in [-0.39, 0.29) is 23.0 Å². The Morgan fingerprint density at radius 3 is 2.75 bits per heavy atom. The van der Waals surface area contributed by atoms with Gasteiger partial charge in [-0.25, -0.2) is 9.59 Å². The highest BCUT2D eigenvalue weighted by molar-refractivity contribution is 6.33. The number of urea groups is 1. The van der Waals surface area contributed by atoms with Crippen LogP contribution in [-0.4, -0.2) is 35.1 Å². The van der Waals surface area contributed by atoms with Gasteiger partial charge in [-0.1, -0.05) is 11.6 Å². The van der Waals surface area contributed by atoms with E-state index in [9.17, 15) is 9.59 Å². The number of aromatic carboxylic acids is 1. The highest BCUT2D eigenvalue weighted by Gasteiger charge is 2.16. The highest BCUT2D eigenvalue weighted by atomic mass is 35.5. The van der Waals surface area contributed by atoms with Crippen molar-refractivity contribution in [2.24, 2.45) is 0 Å². The molecule has 0 radical (unpaired) electrons. The van der Waals surface area contributed by atoms with Crippen LogP contribution in [0.2, 0.25) is 5.02 Å². The van der Waals surface area contributed by atoms with Crippen LogP contribution < -0.4 is 5.32 Å². The van der Waals surface area contributed by atoms with Crippen molar-refractivity contribution < 1.29 is 14.7 Å². The summed E-state index contributed by atoms with van der Waals surface area (Å²) in [7, 11) is 1.56. The Morgan fingerprint density at radius 1 is 1.55 bits per heavy atom. The molecule has 0 saturated carbocycles. The number of hydrogen-bond acceptors (Lipinski definition) is 3. The number of nitrogens with one attached hydrogen (secondary N) is 1. The van der Waals surface area contributed by atoms with Crippen LogP contribution in [0, 0.1) is 11.3 Å². The molecule has 1 unspecified atom stereocenters. The molecular weight excluding hydrogens is 282 g/mol. The van der Waals surface area contributed by atoms with E-state index in [0.29, 0.717) is 5.69 Å². The second-order valence-electron chi connectivity index (χ2n) is 4.25. The Hall–Kier alpha value is -2.26. The lowest BCUT2D eigenvalue weighted by Crippen LogP contribution is -2.38. The van der Waals surface area contributed by atoms with E-state index in [1.54, 1.807) is 14.0 Å². The molecule has 1 atom stereocenters. The first-order valence-corrected chi connectivity index (χ1v) is 6.18. The quantitative estimate of drug-likeness (QED) is 0.893. The molecule has 2 N–H and O–H groups in total. The Labute approximate surface area is 121 Å². The summed E-state index contributed by atoms with van der Waals surface area (Å²) in [6, 6.07) is 5.51. The number of hydrogen-bond donors (Lipinski definition) is 2. The monoisotopic (exact) mass is 295 g/mol. The lowest BCUT2D eigenvalue weighted by molar-refractivity contribution is 0.0697. The van der Waals surface area contributed by atoms with Crippen molar-refractivity contribution in [1.82, 2.24) is 4.90 Å². The van der Waals surface area contributed by atoms with Crippen molar-refractivity contribution in [2.45, 2.75) is 19.4 Å². The van der Waals surface area contributed by atoms with Gasteiger partial charge in [0.2, 0.25) is 0 Å². The number of amides is 2. The first kappa shape index (κ1) is 15.8. The van der Waals surface area contributed by atoms with Gasteiger partial charge in [-0.15, -0.1) is 0 Å². The molecule has 1 aromatic rings. The number of nitrogens with zero attached hydrogens (tertiary/aromatic N) is 2. The molecule has 0 saturated heterocycles. The van der Waals surface area contributed by atoms with Crippen molar-refractivity contribution in [3.63, 3.8) is 0 Å². The first-order chi connectivity index (χ1) is 9.36. The molecule has 20 heavy (non-hydrogen) atoms. The third kappa shape index (κ3) is 3.87. The largest absolute Gasteiger partial charge is 0.478 e. The van der Waals surface area contributed by atoms with Gasteiger partial charge in [0.1, 0.15) is 0 Å². The van der Waals surface area contributed by atoms with Crippen molar-refractivity contribution in [2.75, 3.05) is 12.4 Å². The topological polar surface area (TPSA) is 93.4 Å². The van der Waals surface area contributed by atoms with Crippen molar-refractivity contribution in [1.29, 1.82) is 5.26 Å². The maximum atomic E-state index is 11.9. The summed E-state index contributed by atoms with van der Waals surface area (Å²) < 4.78 is 0. The Kier molecular flexibility index (Phi) is 5.35. The molecule has 0 spiro atoms. The van der Waals surface area contributed by atoms with E-state index in [1.165, 1.54) is 23.1 Å². The third-order valence-electron chi connectivity index (χ3n) is 2.82. The van der Waals surface area contributed by atoms with E-state index < -0.39 is 12.0 Å². The summed E-state index contributed by atoms with van der Waals surface area (Å²) in [5.41, 5.74) is 0.241. The molecule has 6 nitrogen and oxygen atoms in total. The molecule has 1 rings (SSSR count). The number of nitriles is 1. The molecule has 0 heterocycles. The smallest absolute Gasteiger partial charge is 0.337 e. The number of carbonyl (C=O) groups excluding carboxylic acids is 1. The lowest BCUT2D eigenvalue weighted by atomic mass is 10.2. The lowest BCUT2D eigenvalue weighted by Gasteiger charge is -2.23. The number of carboxylic acids is 1. The van der Waals surface area contributed by atoms with Gasteiger partial charge in [0.15, 0.2) is 0 Å². The van der Waals surface area contributed by atoms with E-state index in [1.807, 2.05) is 6.07 Å². The predicted molar refractivity (Wildman–Crippen MR) is 74.9 cm³/mol.